The van der Waals surface area contributed by atoms with Gasteiger partial charge in [0.1, 0.15) is 5.82 Å². The SMILES string of the molecule is COCCN(C(=O)CSc1nnc(N2CCCC2)s1)c1c(N)n(CC(C)C)c(=O)[nH]c1=O. The monoisotopic (exact) mass is 483 g/mol. The molecular formula is C19H29N7O4S2. The molecule has 13 heteroatoms. The number of ether oxygens (including phenoxy) is 1. The smallest absolute Gasteiger partial charge is 0.330 e. The Labute approximate surface area is 194 Å². The van der Waals surface area contributed by atoms with Crippen LogP contribution >= 0.6 is 23.1 Å². The van der Waals surface area contributed by atoms with Gasteiger partial charge in [-0.25, -0.2) is 4.79 Å². The van der Waals surface area contributed by atoms with E-state index in [0.717, 1.165) is 31.1 Å². The third-order valence-electron chi connectivity index (χ3n) is 4.94. The minimum Gasteiger partial charge on any atom is -0.383 e. The maximum absolute atomic E-state index is 13.1. The Bertz CT molecular complexity index is 1040. The number of thioether (sulfide) groups is 1. The minimum atomic E-state index is -0.700. The molecule has 0 unspecified atom stereocenters. The number of amides is 1. The van der Waals surface area contributed by atoms with Crippen molar-refractivity contribution < 1.29 is 9.53 Å². The van der Waals surface area contributed by atoms with Crippen molar-refractivity contribution in [3.05, 3.63) is 20.8 Å². The van der Waals surface area contributed by atoms with Crippen molar-refractivity contribution in [3.8, 4) is 0 Å². The molecule has 0 saturated carbocycles. The van der Waals surface area contributed by atoms with Crippen molar-refractivity contribution in [2.75, 3.05) is 54.6 Å². The highest BCUT2D eigenvalue weighted by atomic mass is 32.2. The number of nitrogens with one attached hydrogen (secondary N) is 1. The number of carbonyl (C=O) groups excluding carboxylic acids is 1. The van der Waals surface area contributed by atoms with Crippen molar-refractivity contribution in [3.63, 3.8) is 0 Å². The molecule has 176 valence electrons. The second-order valence-electron chi connectivity index (χ2n) is 7.87. The normalized spacial score (nSPS) is 13.8. The quantitative estimate of drug-likeness (QED) is 0.474. The lowest BCUT2D eigenvalue weighted by atomic mass is 10.2. The standard InChI is InChI=1S/C19H29N7O4S2/c1-12(2)10-26-15(20)14(16(28)21-17(26)29)25(8-9-30-3)13(27)11-31-19-23-22-18(32-19)24-6-4-5-7-24/h12H,4-11,20H2,1-3H3,(H,21,28,29). The summed E-state index contributed by atoms with van der Waals surface area (Å²) in [6.45, 7) is 6.45. The zero-order valence-electron chi connectivity index (χ0n) is 18.5. The Morgan fingerprint density at radius 1 is 1.31 bits per heavy atom. The molecule has 11 nitrogen and oxygen atoms in total. The van der Waals surface area contributed by atoms with Crippen LogP contribution in [0.1, 0.15) is 26.7 Å². The van der Waals surface area contributed by atoms with Crippen molar-refractivity contribution in [1.29, 1.82) is 0 Å². The average Bonchev–Trinajstić information content (AvgIpc) is 3.43. The maximum Gasteiger partial charge on any atom is 0.330 e. The van der Waals surface area contributed by atoms with Crippen LogP contribution in [0.5, 0.6) is 0 Å². The van der Waals surface area contributed by atoms with Crippen LogP contribution in [0.3, 0.4) is 0 Å². The van der Waals surface area contributed by atoms with Crippen molar-refractivity contribution in [2.45, 2.75) is 37.6 Å². The predicted octanol–water partition coefficient (Wildman–Crippen LogP) is 0.998. The highest BCUT2D eigenvalue weighted by Crippen LogP contribution is 2.30. The Kier molecular flexibility index (Phi) is 8.32. The summed E-state index contributed by atoms with van der Waals surface area (Å²) in [7, 11) is 1.51. The van der Waals surface area contributed by atoms with Crippen LogP contribution in [0.15, 0.2) is 13.9 Å². The van der Waals surface area contributed by atoms with Gasteiger partial charge in [-0.2, -0.15) is 0 Å². The molecule has 1 fully saturated rings. The van der Waals surface area contributed by atoms with Gasteiger partial charge in [0.05, 0.1) is 12.4 Å². The van der Waals surface area contributed by atoms with Gasteiger partial charge in [0.2, 0.25) is 11.0 Å². The predicted molar refractivity (Wildman–Crippen MR) is 127 cm³/mol. The van der Waals surface area contributed by atoms with Gasteiger partial charge in [-0.05, 0) is 18.8 Å². The number of carbonyl (C=O) groups is 1. The third kappa shape index (κ3) is 5.70. The number of methoxy groups -OCH3 is 1. The molecule has 1 aliphatic heterocycles. The summed E-state index contributed by atoms with van der Waals surface area (Å²) in [6, 6.07) is 0. The topological polar surface area (TPSA) is 139 Å². The van der Waals surface area contributed by atoms with Gasteiger partial charge in [0, 0.05) is 33.3 Å². The van der Waals surface area contributed by atoms with Crippen LogP contribution in [0.4, 0.5) is 16.6 Å². The van der Waals surface area contributed by atoms with Crippen LogP contribution < -0.4 is 26.8 Å². The Balaban J connectivity index is 1.81. The van der Waals surface area contributed by atoms with E-state index in [4.69, 9.17) is 10.5 Å². The van der Waals surface area contributed by atoms with Crippen LogP contribution in [-0.2, 0) is 16.1 Å². The molecule has 3 rings (SSSR count). The molecule has 32 heavy (non-hydrogen) atoms. The van der Waals surface area contributed by atoms with E-state index in [1.807, 2.05) is 13.8 Å². The summed E-state index contributed by atoms with van der Waals surface area (Å²) in [4.78, 5) is 43.7. The fourth-order valence-electron chi connectivity index (χ4n) is 3.43. The lowest BCUT2D eigenvalue weighted by Crippen LogP contribution is -2.43. The number of aromatic amines is 1. The first-order valence-corrected chi connectivity index (χ1v) is 12.2. The van der Waals surface area contributed by atoms with Crippen LogP contribution in [0.25, 0.3) is 0 Å². The maximum atomic E-state index is 13.1. The fraction of sp³-hybridized carbons (Fsp3) is 0.632. The molecule has 0 atom stereocenters. The number of rotatable bonds is 10. The van der Waals surface area contributed by atoms with Gasteiger partial charge in [0.25, 0.3) is 5.56 Å². The second kappa shape index (κ2) is 11.0. The number of hydrogen-bond acceptors (Lipinski definition) is 10. The molecule has 0 spiro atoms. The van der Waals surface area contributed by atoms with Crippen molar-refractivity contribution in [1.82, 2.24) is 19.7 Å². The van der Waals surface area contributed by atoms with E-state index in [2.05, 4.69) is 20.1 Å². The molecule has 1 amide bonds. The van der Waals surface area contributed by atoms with E-state index in [1.165, 1.54) is 39.7 Å². The summed E-state index contributed by atoms with van der Waals surface area (Å²) < 4.78 is 7.08. The number of nitrogens with two attached hydrogens (primary N) is 1. The van der Waals surface area contributed by atoms with Gasteiger partial charge < -0.3 is 20.3 Å². The summed E-state index contributed by atoms with van der Waals surface area (Å²) in [5, 5.41) is 9.25. The summed E-state index contributed by atoms with van der Waals surface area (Å²) in [5.41, 5.74) is 4.87. The van der Waals surface area contributed by atoms with Crippen molar-refractivity contribution >= 4 is 45.6 Å². The number of aromatic nitrogens is 4. The minimum absolute atomic E-state index is 0.0332. The lowest BCUT2D eigenvalue weighted by Gasteiger charge is -2.24. The third-order valence-corrected chi connectivity index (χ3v) is 7.05. The van der Waals surface area contributed by atoms with E-state index in [9.17, 15) is 14.4 Å². The number of H-pyrrole nitrogens is 1. The lowest BCUT2D eigenvalue weighted by molar-refractivity contribution is -0.116. The highest BCUT2D eigenvalue weighted by Gasteiger charge is 2.25. The number of anilines is 3. The van der Waals surface area contributed by atoms with Crippen LogP contribution in [-0.4, -0.2) is 64.8 Å². The van der Waals surface area contributed by atoms with Crippen molar-refractivity contribution in [2.24, 2.45) is 5.92 Å². The van der Waals surface area contributed by atoms with Gasteiger partial charge in [0.15, 0.2) is 10.0 Å². The molecule has 0 radical (unpaired) electrons. The number of nitrogen functional groups attached to an aromatic ring is 1. The molecule has 2 aromatic heterocycles. The van der Waals surface area contributed by atoms with Crippen LogP contribution in [0.2, 0.25) is 0 Å². The molecule has 0 bridgehead atoms. The summed E-state index contributed by atoms with van der Waals surface area (Å²) in [5.74, 6) is -0.207. The molecule has 1 saturated heterocycles. The Morgan fingerprint density at radius 3 is 2.69 bits per heavy atom. The fourth-order valence-corrected chi connectivity index (χ4v) is 5.20. The summed E-state index contributed by atoms with van der Waals surface area (Å²) >= 11 is 2.71. The van der Waals surface area contributed by atoms with E-state index in [0.29, 0.717) is 10.9 Å². The molecule has 0 aromatic carbocycles. The zero-order chi connectivity index (χ0) is 23.3. The molecular weight excluding hydrogens is 454 g/mol. The largest absolute Gasteiger partial charge is 0.383 e. The molecule has 3 heterocycles. The Morgan fingerprint density at radius 2 is 2.03 bits per heavy atom. The Hall–Kier alpha value is -2.38. The van der Waals surface area contributed by atoms with Gasteiger partial charge in [-0.15, -0.1) is 10.2 Å². The van der Waals surface area contributed by atoms with Gasteiger partial charge in [-0.1, -0.05) is 36.9 Å². The first-order valence-electron chi connectivity index (χ1n) is 10.4. The van der Waals surface area contributed by atoms with Crippen LogP contribution in [0, 0.1) is 5.92 Å². The van der Waals surface area contributed by atoms with Gasteiger partial charge in [-0.3, -0.25) is 19.1 Å². The number of nitrogens with zero attached hydrogens (tertiary/aromatic N) is 5. The molecule has 2 aromatic rings. The average molecular weight is 484 g/mol. The first kappa shape index (κ1) is 24.3. The summed E-state index contributed by atoms with van der Waals surface area (Å²) in [6.07, 6.45) is 2.29. The second-order valence-corrected chi connectivity index (χ2v) is 10.0. The number of hydrogen-bond donors (Lipinski definition) is 2. The van der Waals surface area contributed by atoms with Gasteiger partial charge >= 0.3 is 5.69 Å². The van der Waals surface area contributed by atoms with E-state index in [1.54, 1.807) is 0 Å². The van der Waals surface area contributed by atoms with E-state index in [-0.39, 0.29) is 42.2 Å². The molecule has 1 aliphatic rings. The van der Waals surface area contributed by atoms with E-state index >= 15 is 0 Å². The first-order chi connectivity index (χ1) is 15.3. The van der Waals surface area contributed by atoms with E-state index < -0.39 is 11.2 Å². The molecule has 0 aliphatic carbocycles. The highest BCUT2D eigenvalue weighted by molar-refractivity contribution is 8.01. The zero-order valence-corrected chi connectivity index (χ0v) is 20.1. The molecule has 3 N–H and O–H groups in total.